The molecule has 3 rings (SSSR count). The maximum Gasteiger partial charge on any atom is 0.303 e. The van der Waals surface area contributed by atoms with Crippen molar-refractivity contribution in [2.45, 2.75) is 148 Å². The zero-order valence-corrected chi connectivity index (χ0v) is 34.6. The Labute approximate surface area is 349 Å². The fourth-order valence-electron chi connectivity index (χ4n) is 6.52. The number of ether oxygens (including phenoxy) is 14. The van der Waals surface area contributed by atoms with Crippen LogP contribution in [0.1, 0.15) is 55.4 Å². The SMILES string of the molecule is C=CCOC1C(O[C@H]2OC(COC(C)=O)[C@@H](OC(C)=O)C(OC(C)=O)C2OC(C)=O)[C@H](O)C(CO[C@H]2OC(COC(C)=O)[C@@H](OC(C)=O)C(OC(C)=O)C2OC(C)=O)O[C@@H]1O. The standard InChI is InChI=1S/C37H52O24/c1-10-11-48-32-29(61-37-34(57-22(9)45)31(55-20(7)43)28(53-18(5)41)25(60-37)14-50-16(3)39)26(46)23(58-35(32)47)12-51-36-33(56-21(8)44)30(54-19(6)42)27(52-17(4)40)24(59-36)13-49-15(2)38/h10,23-37,46-47H,1,11-14H2,2-9H3/t23?,24?,25?,26-,27-,28-,29?,30?,31?,32?,33?,34?,35+,36+,37-/m1/s1. The van der Waals surface area contributed by atoms with Crippen molar-refractivity contribution in [1.29, 1.82) is 0 Å². The average Bonchev–Trinajstić information content (AvgIpc) is 3.13. The van der Waals surface area contributed by atoms with Crippen LogP contribution < -0.4 is 0 Å². The highest BCUT2D eigenvalue weighted by molar-refractivity contribution is 5.70. The van der Waals surface area contributed by atoms with Gasteiger partial charge in [-0.3, -0.25) is 38.4 Å². The summed E-state index contributed by atoms with van der Waals surface area (Å²) >= 11 is 0. The first-order valence-electron chi connectivity index (χ1n) is 18.7. The van der Waals surface area contributed by atoms with Gasteiger partial charge in [-0.1, -0.05) is 6.08 Å². The lowest BCUT2D eigenvalue weighted by Crippen LogP contribution is -2.67. The van der Waals surface area contributed by atoms with E-state index in [-0.39, 0.29) is 6.61 Å². The largest absolute Gasteiger partial charge is 0.463 e. The second-order valence-electron chi connectivity index (χ2n) is 13.7. The van der Waals surface area contributed by atoms with Gasteiger partial charge in [0.05, 0.1) is 13.2 Å². The molecule has 0 aromatic carbocycles. The van der Waals surface area contributed by atoms with Crippen LogP contribution in [0.15, 0.2) is 12.7 Å². The summed E-state index contributed by atoms with van der Waals surface area (Å²) in [4.78, 5) is 97.2. The fourth-order valence-corrected chi connectivity index (χ4v) is 6.52. The first kappa shape index (κ1) is 50.5. The highest BCUT2D eigenvalue weighted by atomic mass is 16.8. The van der Waals surface area contributed by atoms with Crippen molar-refractivity contribution in [1.82, 2.24) is 0 Å². The van der Waals surface area contributed by atoms with E-state index in [0.717, 1.165) is 55.4 Å². The van der Waals surface area contributed by atoms with E-state index in [0.29, 0.717) is 0 Å². The Balaban J connectivity index is 2.05. The van der Waals surface area contributed by atoms with Gasteiger partial charge in [0, 0.05) is 55.4 Å². The molecule has 0 spiro atoms. The van der Waals surface area contributed by atoms with Crippen molar-refractivity contribution in [2.75, 3.05) is 26.4 Å². The van der Waals surface area contributed by atoms with Crippen LogP contribution in [0.25, 0.3) is 0 Å². The molecule has 0 aromatic rings. The van der Waals surface area contributed by atoms with Crippen LogP contribution in [0.2, 0.25) is 0 Å². The van der Waals surface area contributed by atoms with E-state index >= 15 is 0 Å². The van der Waals surface area contributed by atoms with E-state index in [1.165, 1.54) is 6.08 Å². The molecule has 0 saturated carbocycles. The molecule has 15 atom stereocenters. The van der Waals surface area contributed by atoms with Gasteiger partial charge in [-0.2, -0.15) is 0 Å². The minimum absolute atomic E-state index is 0.248. The smallest absolute Gasteiger partial charge is 0.303 e. The van der Waals surface area contributed by atoms with E-state index in [1.807, 2.05) is 0 Å². The zero-order chi connectivity index (χ0) is 45.7. The van der Waals surface area contributed by atoms with Crippen LogP contribution >= 0.6 is 0 Å². The number of carbonyl (C=O) groups is 8. The molecular weight excluding hydrogens is 828 g/mol. The Morgan fingerprint density at radius 3 is 1.26 bits per heavy atom. The molecule has 2 N–H and O–H groups in total. The molecule has 0 radical (unpaired) electrons. The van der Waals surface area contributed by atoms with Crippen molar-refractivity contribution < 1.29 is 115 Å². The van der Waals surface area contributed by atoms with Gasteiger partial charge in [-0.15, -0.1) is 6.58 Å². The van der Waals surface area contributed by atoms with Crippen LogP contribution in [-0.4, -0.2) is 177 Å². The number of esters is 8. The number of hydrogen-bond donors (Lipinski definition) is 2. The summed E-state index contributed by atoms with van der Waals surface area (Å²) < 4.78 is 78.1. The monoisotopic (exact) mass is 880 g/mol. The molecule has 9 unspecified atom stereocenters. The van der Waals surface area contributed by atoms with Crippen molar-refractivity contribution in [3.63, 3.8) is 0 Å². The molecule has 0 bridgehead atoms. The summed E-state index contributed by atoms with van der Waals surface area (Å²) in [5, 5.41) is 23.1. The van der Waals surface area contributed by atoms with Gasteiger partial charge >= 0.3 is 47.8 Å². The first-order chi connectivity index (χ1) is 28.6. The minimum atomic E-state index is -1.94. The molecular formula is C37H52O24. The summed E-state index contributed by atoms with van der Waals surface area (Å²) in [6.45, 7) is 9.65. The molecule has 3 fully saturated rings. The highest BCUT2D eigenvalue weighted by Gasteiger charge is 2.57. The average molecular weight is 881 g/mol. The summed E-state index contributed by atoms with van der Waals surface area (Å²) in [5.41, 5.74) is 0. The summed E-state index contributed by atoms with van der Waals surface area (Å²) in [6.07, 6.45) is -23.7. The molecule has 24 heteroatoms. The third-order valence-corrected chi connectivity index (χ3v) is 8.66. The van der Waals surface area contributed by atoms with Crippen molar-refractivity contribution in [3.8, 4) is 0 Å². The summed E-state index contributed by atoms with van der Waals surface area (Å²) in [6, 6.07) is 0. The summed E-state index contributed by atoms with van der Waals surface area (Å²) in [5.74, 6) is -7.03. The molecule has 61 heavy (non-hydrogen) atoms. The van der Waals surface area contributed by atoms with Gasteiger partial charge < -0.3 is 76.5 Å². The molecule has 3 saturated heterocycles. The van der Waals surface area contributed by atoms with Crippen molar-refractivity contribution in [2.24, 2.45) is 0 Å². The summed E-state index contributed by atoms with van der Waals surface area (Å²) in [7, 11) is 0. The molecule has 3 aliphatic heterocycles. The van der Waals surface area contributed by atoms with E-state index in [9.17, 15) is 48.6 Å². The topological polar surface area (TPSA) is 306 Å². The lowest BCUT2D eigenvalue weighted by Gasteiger charge is -2.48. The van der Waals surface area contributed by atoms with Crippen LogP contribution in [0.5, 0.6) is 0 Å². The maximum absolute atomic E-state index is 12.4. The molecule has 3 aliphatic rings. The molecule has 0 amide bonds. The molecule has 3 heterocycles. The Morgan fingerprint density at radius 1 is 0.459 bits per heavy atom. The third-order valence-electron chi connectivity index (χ3n) is 8.66. The van der Waals surface area contributed by atoms with Crippen LogP contribution in [0, 0.1) is 0 Å². The number of rotatable bonds is 18. The van der Waals surface area contributed by atoms with Crippen molar-refractivity contribution >= 4 is 47.8 Å². The second kappa shape index (κ2) is 23.4. The number of carbonyl (C=O) groups excluding carboxylic acids is 8. The van der Waals surface area contributed by atoms with Gasteiger partial charge in [-0.05, 0) is 0 Å². The van der Waals surface area contributed by atoms with Gasteiger partial charge in [-0.25, -0.2) is 0 Å². The first-order valence-corrected chi connectivity index (χ1v) is 18.7. The van der Waals surface area contributed by atoms with Gasteiger partial charge in [0.25, 0.3) is 0 Å². The van der Waals surface area contributed by atoms with Crippen LogP contribution in [0.3, 0.4) is 0 Å². The van der Waals surface area contributed by atoms with Crippen LogP contribution in [-0.2, 0) is 105 Å². The zero-order valence-electron chi connectivity index (χ0n) is 34.6. The molecule has 0 aliphatic carbocycles. The predicted octanol–water partition coefficient (Wildman–Crippen LogP) is -1.80. The molecule has 344 valence electrons. The van der Waals surface area contributed by atoms with E-state index < -0.39 is 160 Å². The van der Waals surface area contributed by atoms with Crippen LogP contribution in [0.4, 0.5) is 0 Å². The Kier molecular flexibility index (Phi) is 19.4. The number of hydrogen-bond acceptors (Lipinski definition) is 24. The van der Waals surface area contributed by atoms with E-state index in [4.69, 9.17) is 66.3 Å². The number of aliphatic hydroxyl groups excluding tert-OH is 2. The Hall–Kier alpha value is -4.82. The Bertz CT molecular complexity index is 1580. The molecule has 0 aromatic heterocycles. The van der Waals surface area contributed by atoms with Gasteiger partial charge in [0.1, 0.15) is 49.8 Å². The fraction of sp³-hybridized carbons (Fsp3) is 0.730. The predicted molar refractivity (Wildman–Crippen MR) is 192 cm³/mol. The minimum Gasteiger partial charge on any atom is -0.463 e. The third kappa shape index (κ3) is 14.9. The van der Waals surface area contributed by atoms with Gasteiger partial charge in [0.2, 0.25) is 0 Å². The van der Waals surface area contributed by atoms with E-state index in [2.05, 4.69) is 6.58 Å². The van der Waals surface area contributed by atoms with Gasteiger partial charge in [0.15, 0.2) is 55.5 Å². The molecule has 24 nitrogen and oxygen atoms in total. The van der Waals surface area contributed by atoms with E-state index in [1.54, 1.807) is 0 Å². The lowest BCUT2D eigenvalue weighted by molar-refractivity contribution is -0.365. The highest BCUT2D eigenvalue weighted by Crippen LogP contribution is 2.35. The normalized spacial score (nSPS) is 33.4. The second-order valence-corrected chi connectivity index (χ2v) is 13.7. The maximum atomic E-state index is 12.4. The Morgan fingerprint density at radius 2 is 0.852 bits per heavy atom. The quantitative estimate of drug-likeness (QED) is 0.0872. The number of aliphatic hydroxyl groups is 2. The van der Waals surface area contributed by atoms with Crippen molar-refractivity contribution in [3.05, 3.63) is 12.7 Å². The lowest BCUT2D eigenvalue weighted by atomic mass is 9.96.